The summed E-state index contributed by atoms with van der Waals surface area (Å²) in [4.78, 5) is 1.22. The minimum Gasteiger partial charge on any atom is -0.271 e. The maximum atomic E-state index is 13.1. The molecule has 0 aliphatic rings. The third-order valence-corrected chi connectivity index (χ3v) is 3.78. The molecule has 0 radical (unpaired) electrons. The van der Waals surface area contributed by atoms with Crippen LogP contribution >= 0.6 is 11.3 Å². The maximum Gasteiger partial charge on any atom is 0.123 e. The molecule has 0 fully saturated rings. The normalized spacial score (nSPS) is 12.7. The lowest BCUT2D eigenvalue weighted by Gasteiger charge is -2.18. The Morgan fingerprint density at radius 3 is 2.53 bits per heavy atom. The van der Waals surface area contributed by atoms with E-state index < -0.39 is 0 Å². The molecule has 0 aliphatic heterocycles. The number of hydrogen-bond acceptors (Lipinski definition) is 3. The quantitative estimate of drug-likeness (QED) is 0.649. The number of aryl methyl sites for hydroxylation is 2. The molecular formula is C13H15FN2S. The van der Waals surface area contributed by atoms with Crippen LogP contribution in [0.5, 0.6) is 0 Å². The molecule has 90 valence electrons. The van der Waals surface area contributed by atoms with Crippen molar-refractivity contribution in [3.05, 3.63) is 57.0 Å². The first-order chi connectivity index (χ1) is 8.13. The molecule has 0 aliphatic carbocycles. The van der Waals surface area contributed by atoms with Crippen LogP contribution in [0.3, 0.4) is 0 Å². The predicted molar refractivity (Wildman–Crippen MR) is 69.4 cm³/mol. The van der Waals surface area contributed by atoms with Gasteiger partial charge in [-0.2, -0.15) is 0 Å². The minimum atomic E-state index is -0.218. The van der Waals surface area contributed by atoms with Crippen LogP contribution in [0.4, 0.5) is 4.39 Å². The predicted octanol–water partition coefficient (Wildman–Crippen LogP) is 3.06. The summed E-state index contributed by atoms with van der Waals surface area (Å²) >= 11 is 1.68. The van der Waals surface area contributed by atoms with E-state index in [9.17, 15) is 4.39 Å². The fraction of sp³-hybridized carbons (Fsp3) is 0.231. The van der Waals surface area contributed by atoms with Gasteiger partial charge in [0, 0.05) is 4.88 Å². The summed E-state index contributed by atoms with van der Waals surface area (Å²) < 4.78 is 13.1. The van der Waals surface area contributed by atoms with Crippen molar-refractivity contribution < 1.29 is 4.39 Å². The Morgan fingerprint density at radius 1 is 1.24 bits per heavy atom. The van der Waals surface area contributed by atoms with Gasteiger partial charge >= 0.3 is 0 Å². The first-order valence-corrected chi connectivity index (χ1v) is 6.27. The van der Waals surface area contributed by atoms with E-state index in [1.807, 2.05) is 18.4 Å². The zero-order valence-corrected chi connectivity index (χ0v) is 10.6. The molecule has 1 aromatic carbocycles. The molecule has 17 heavy (non-hydrogen) atoms. The number of nitrogens with two attached hydrogens (primary N) is 1. The highest BCUT2D eigenvalue weighted by molar-refractivity contribution is 7.10. The lowest BCUT2D eigenvalue weighted by molar-refractivity contribution is 0.611. The molecule has 1 atom stereocenters. The summed E-state index contributed by atoms with van der Waals surface area (Å²) in [6.07, 6.45) is 0. The average Bonchev–Trinajstić information content (AvgIpc) is 2.69. The Balaban J connectivity index is 2.46. The van der Waals surface area contributed by atoms with Crippen molar-refractivity contribution in [2.45, 2.75) is 19.9 Å². The zero-order chi connectivity index (χ0) is 12.4. The van der Waals surface area contributed by atoms with Crippen LogP contribution < -0.4 is 11.3 Å². The van der Waals surface area contributed by atoms with E-state index in [0.717, 1.165) is 16.7 Å². The Kier molecular flexibility index (Phi) is 3.57. The smallest absolute Gasteiger partial charge is 0.123 e. The number of thiophene rings is 1. The fourth-order valence-corrected chi connectivity index (χ4v) is 2.75. The highest BCUT2D eigenvalue weighted by atomic mass is 32.1. The first kappa shape index (κ1) is 12.2. The van der Waals surface area contributed by atoms with Crippen LogP contribution in [0.15, 0.2) is 29.6 Å². The van der Waals surface area contributed by atoms with Gasteiger partial charge in [-0.25, -0.2) is 9.82 Å². The third kappa shape index (κ3) is 2.39. The fourth-order valence-electron chi connectivity index (χ4n) is 2.00. The number of halogens is 1. The Hall–Kier alpha value is -1.23. The molecule has 0 saturated carbocycles. The third-order valence-electron chi connectivity index (χ3n) is 2.92. The molecular weight excluding hydrogens is 235 g/mol. The van der Waals surface area contributed by atoms with Gasteiger partial charge in [0.1, 0.15) is 5.82 Å². The summed E-state index contributed by atoms with van der Waals surface area (Å²) in [5.74, 6) is 5.41. The lowest BCUT2D eigenvalue weighted by Crippen LogP contribution is -2.29. The number of rotatable bonds is 3. The molecule has 0 amide bonds. The lowest BCUT2D eigenvalue weighted by atomic mass is 9.96. The van der Waals surface area contributed by atoms with E-state index in [1.54, 1.807) is 17.4 Å². The van der Waals surface area contributed by atoms with Crippen LogP contribution in [0.25, 0.3) is 0 Å². The van der Waals surface area contributed by atoms with E-state index >= 15 is 0 Å². The van der Waals surface area contributed by atoms with Gasteiger partial charge in [-0.1, -0.05) is 6.07 Å². The van der Waals surface area contributed by atoms with Crippen molar-refractivity contribution in [1.29, 1.82) is 0 Å². The molecule has 2 aromatic rings. The molecule has 0 spiro atoms. The van der Waals surface area contributed by atoms with Crippen molar-refractivity contribution in [3.63, 3.8) is 0 Å². The van der Waals surface area contributed by atoms with Crippen molar-refractivity contribution >= 4 is 11.3 Å². The standard InChI is InChI=1S/C13H15FN2S/c1-8-7-10(14)3-4-11(8)13(16-15)12-5-6-17-9(12)2/h3-7,13,16H,15H2,1-2H3. The molecule has 1 aromatic heterocycles. The second-order valence-electron chi connectivity index (χ2n) is 4.03. The Labute approximate surface area is 104 Å². The number of benzene rings is 1. The Bertz CT molecular complexity index is 522. The molecule has 1 heterocycles. The van der Waals surface area contributed by atoms with E-state index in [0.29, 0.717) is 0 Å². The van der Waals surface area contributed by atoms with E-state index in [2.05, 4.69) is 12.3 Å². The molecule has 0 saturated heterocycles. The molecule has 2 rings (SSSR count). The van der Waals surface area contributed by atoms with Gasteiger partial charge in [-0.15, -0.1) is 11.3 Å². The van der Waals surface area contributed by atoms with Crippen molar-refractivity contribution in [3.8, 4) is 0 Å². The highest BCUT2D eigenvalue weighted by Crippen LogP contribution is 2.29. The van der Waals surface area contributed by atoms with Gasteiger partial charge in [-0.05, 0) is 54.1 Å². The second kappa shape index (κ2) is 4.96. The van der Waals surface area contributed by atoms with Gasteiger partial charge in [0.25, 0.3) is 0 Å². The summed E-state index contributed by atoms with van der Waals surface area (Å²) in [6, 6.07) is 6.75. The van der Waals surface area contributed by atoms with E-state index in [4.69, 9.17) is 5.84 Å². The van der Waals surface area contributed by atoms with Gasteiger partial charge in [0.2, 0.25) is 0 Å². The average molecular weight is 250 g/mol. The first-order valence-electron chi connectivity index (χ1n) is 5.39. The van der Waals surface area contributed by atoms with Gasteiger partial charge in [0.05, 0.1) is 6.04 Å². The van der Waals surface area contributed by atoms with Gasteiger partial charge in [-0.3, -0.25) is 5.84 Å². The summed E-state index contributed by atoms with van der Waals surface area (Å²) in [5, 5.41) is 2.04. The molecule has 0 bridgehead atoms. The number of hydrazine groups is 1. The Morgan fingerprint density at radius 2 is 2.00 bits per heavy atom. The SMILES string of the molecule is Cc1cc(F)ccc1C(NN)c1ccsc1C. The summed E-state index contributed by atoms with van der Waals surface area (Å²) in [7, 11) is 0. The van der Waals surface area contributed by atoms with Crippen LogP contribution in [0.1, 0.15) is 27.6 Å². The number of nitrogens with one attached hydrogen (secondary N) is 1. The summed E-state index contributed by atoms with van der Waals surface area (Å²) in [6.45, 7) is 3.95. The van der Waals surface area contributed by atoms with Crippen molar-refractivity contribution in [2.75, 3.05) is 0 Å². The maximum absolute atomic E-state index is 13.1. The van der Waals surface area contributed by atoms with Gasteiger partial charge < -0.3 is 0 Å². The van der Waals surface area contributed by atoms with E-state index in [1.165, 1.54) is 17.0 Å². The monoisotopic (exact) mass is 250 g/mol. The van der Waals surface area contributed by atoms with Gasteiger partial charge in [0.15, 0.2) is 0 Å². The molecule has 1 unspecified atom stereocenters. The minimum absolute atomic E-state index is 0.0816. The molecule has 2 nitrogen and oxygen atoms in total. The largest absolute Gasteiger partial charge is 0.271 e. The molecule has 4 heteroatoms. The number of hydrogen-bond donors (Lipinski definition) is 2. The van der Waals surface area contributed by atoms with E-state index in [-0.39, 0.29) is 11.9 Å². The topological polar surface area (TPSA) is 38.0 Å². The van der Waals surface area contributed by atoms with Crippen LogP contribution in [0.2, 0.25) is 0 Å². The van der Waals surface area contributed by atoms with Crippen molar-refractivity contribution in [1.82, 2.24) is 5.43 Å². The van der Waals surface area contributed by atoms with Crippen LogP contribution in [-0.4, -0.2) is 0 Å². The molecule has 3 N–H and O–H groups in total. The zero-order valence-electron chi connectivity index (χ0n) is 9.83. The summed E-state index contributed by atoms with van der Waals surface area (Å²) in [5.41, 5.74) is 5.86. The highest BCUT2D eigenvalue weighted by Gasteiger charge is 2.17. The van der Waals surface area contributed by atoms with Crippen molar-refractivity contribution in [2.24, 2.45) is 5.84 Å². The second-order valence-corrected chi connectivity index (χ2v) is 5.15. The van der Waals surface area contributed by atoms with Crippen LogP contribution in [-0.2, 0) is 0 Å². The van der Waals surface area contributed by atoms with Crippen LogP contribution in [0, 0.1) is 19.7 Å².